The molecule has 3 aliphatic rings. The molecule has 1 saturated heterocycles. The Morgan fingerprint density at radius 2 is 1.83 bits per heavy atom. The molecular formula is C37H47N3O7. The van der Waals surface area contributed by atoms with Crippen LogP contribution in [0.1, 0.15) is 81.4 Å². The fraction of sp³-hybridized carbons (Fsp3) is 0.514. The molecule has 0 bridgehead atoms. The Kier molecular flexibility index (Phi) is 11.1. The molecule has 2 N–H and O–H groups in total. The second kappa shape index (κ2) is 15.3. The van der Waals surface area contributed by atoms with Crippen LogP contribution in [0.15, 0.2) is 54.6 Å². The minimum atomic E-state index is -1.92. The Hall–Kier alpha value is -4.02. The zero-order chi connectivity index (χ0) is 33.6. The molecule has 47 heavy (non-hydrogen) atoms. The summed E-state index contributed by atoms with van der Waals surface area (Å²) in [7, 11) is 1.34. The molecule has 0 unspecified atom stereocenters. The molecule has 3 atom stereocenters. The monoisotopic (exact) mass is 645 g/mol. The van der Waals surface area contributed by atoms with E-state index in [2.05, 4.69) is 0 Å². The number of esters is 1. The zero-order valence-corrected chi connectivity index (χ0v) is 27.5. The lowest BCUT2D eigenvalue weighted by Gasteiger charge is -2.36. The number of methoxy groups -OCH3 is 1. The number of hydrogen-bond acceptors (Lipinski definition) is 7. The van der Waals surface area contributed by atoms with Crippen molar-refractivity contribution in [3.63, 3.8) is 0 Å². The van der Waals surface area contributed by atoms with Gasteiger partial charge in [0.05, 0.1) is 25.4 Å². The van der Waals surface area contributed by atoms with E-state index in [1.54, 1.807) is 45.9 Å². The molecule has 10 nitrogen and oxygen atoms in total. The number of hydrogen-bond donors (Lipinski definition) is 2. The van der Waals surface area contributed by atoms with E-state index in [1.807, 2.05) is 30.3 Å². The molecule has 0 spiro atoms. The number of benzene rings is 2. The Morgan fingerprint density at radius 3 is 2.60 bits per heavy atom. The molecule has 0 aromatic heterocycles. The lowest BCUT2D eigenvalue weighted by atomic mass is 9.82. The van der Waals surface area contributed by atoms with Crippen LogP contribution in [0.25, 0.3) is 0 Å². The van der Waals surface area contributed by atoms with Gasteiger partial charge in [-0.3, -0.25) is 19.2 Å². The van der Waals surface area contributed by atoms with Gasteiger partial charge in [-0.25, -0.2) is 0 Å². The zero-order valence-electron chi connectivity index (χ0n) is 27.5. The molecule has 3 aliphatic heterocycles. The summed E-state index contributed by atoms with van der Waals surface area (Å²) in [6.07, 6.45) is 9.58. The van der Waals surface area contributed by atoms with E-state index in [4.69, 9.17) is 4.74 Å². The Bertz CT molecular complexity index is 1510. The lowest BCUT2D eigenvalue weighted by molar-refractivity contribution is -0.140. The number of carbonyl (C=O) groups is 4. The van der Waals surface area contributed by atoms with Crippen LogP contribution in [-0.4, -0.2) is 71.7 Å². The summed E-state index contributed by atoms with van der Waals surface area (Å²) in [5.41, 5.74) is 1.93. The van der Waals surface area contributed by atoms with E-state index in [0.717, 1.165) is 36.8 Å². The average molecular weight is 646 g/mol. The molecule has 2 aromatic rings. The third kappa shape index (κ3) is 7.28. The minimum absolute atomic E-state index is 0.0326. The molecule has 5 rings (SSSR count). The third-order valence-corrected chi connectivity index (χ3v) is 9.89. The van der Waals surface area contributed by atoms with Crippen LogP contribution < -0.4 is 9.80 Å². The molecule has 1 fully saturated rings. The van der Waals surface area contributed by atoms with Crippen molar-refractivity contribution in [2.45, 2.75) is 89.3 Å². The van der Waals surface area contributed by atoms with Crippen LogP contribution in [0.3, 0.4) is 0 Å². The third-order valence-electron chi connectivity index (χ3n) is 9.89. The molecule has 3 heterocycles. The van der Waals surface area contributed by atoms with Gasteiger partial charge in [-0.15, -0.1) is 0 Å². The van der Waals surface area contributed by atoms with Crippen LogP contribution in [0.5, 0.6) is 0 Å². The number of carbonyl (C=O) groups excluding carboxylic acids is 4. The van der Waals surface area contributed by atoms with Crippen LogP contribution in [0.2, 0.25) is 0 Å². The molecule has 3 amide bonds. The van der Waals surface area contributed by atoms with Crippen molar-refractivity contribution in [2.75, 3.05) is 36.6 Å². The number of rotatable bonds is 11. The van der Waals surface area contributed by atoms with Gasteiger partial charge in [0, 0.05) is 56.1 Å². The molecule has 0 aliphatic carbocycles. The van der Waals surface area contributed by atoms with Gasteiger partial charge < -0.3 is 29.6 Å². The van der Waals surface area contributed by atoms with Crippen molar-refractivity contribution in [1.29, 1.82) is 0 Å². The number of ether oxygens (including phenoxy) is 1. The standard InChI is InChI=1S/C37H47N3O7/c1-26(12-11-16-34(43)40-24-28-14-7-6-13-27(28)22-30(40)25-41)37(46)31-23-29(38-20-9-4-3-5-15-33(38)42)18-19-32(31)39(36(37)45)21-10-8-17-35(44)47-2/h6-7,11-14,18-19,23,26,30,41,46H,3-5,8-10,15-17,20-22,24-25H2,1-2H3/b12-11+/t26-,30+,37+/m1/s1. The Labute approximate surface area is 277 Å². The van der Waals surface area contributed by atoms with Crippen LogP contribution in [0, 0.1) is 5.92 Å². The molecule has 0 saturated carbocycles. The maximum atomic E-state index is 14.1. The summed E-state index contributed by atoms with van der Waals surface area (Å²) in [6, 6.07) is 13.0. The van der Waals surface area contributed by atoms with Gasteiger partial charge in [0.2, 0.25) is 11.8 Å². The Morgan fingerprint density at radius 1 is 1.06 bits per heavy atom. The summed E-state index contributed by atoms with van der Waals surface area (Å²) in [6.45, 7) is 2.92. The van der Waals surface area contributed by atoms with Crippen LogP contribution in [-0.2, 0) is 42.5 Å². The second-order valence-corrected chi connectivity index (χ2v) is 12.9. The van der Waals surface area contributed by atoms with Gasteiger partial charge in [-0.05, 0) is 61.4 Å². The maximum Gasteiger partial charge on any atom is 0.305 e. The first-order valence-corrected chi connectivity index (χ1v) is 16.9. The maximum absolute atomic E-state index is 14.1. The van der Waals surface area contributed by atoms with Crippen molar-refractivity contribution in [1.82, 2.24) is 4.90 Å². The number of aliphatic hydroxyl groups is 2. The van der Waals surface area contributed by atoms with Gasteiger partial charge in [0.15, 0.2) is 5.60 Å². The summed E-state index contributed by atoms with van der Waals surface area (Å²) < 4.78 is 4.74. The highest BCUT2D eigenvalue weighted by atomic mass is 16.5. The minimum Gasteiger partial charge on any atom is -0.469 e. The normalized spacial score (nSPS) is 22.1. The van der Waals surface area contributed by atoms with Gasteiger partial charge in [-0.1, -0.05) is 56.2 Å². The number of anilines is 2. The number of unbranched alkanes of at least 4 members (excludes halogenated alkanes) is 1. The van der Waals surface area contributed by atoms with Crippen molar-refractivity contribution < 1.29 is 34.1 Å². The van der Waals surface area contributed by atoms with Gasteiger partial charge in [0.1, 0.15) is 0 Å². The highest BCUT2D eigenvalue weighted by Crippen LogP contribution is 2.47. The highest BCUT2D eigenvalue weighted by Gasteiger charge is 2.52. The van der Waals surface area contributed by atoms with E-state index in [-0.39, 0.29) is 43.3 Å². The molecular weight excluding hydrogens is 598 g/mol. The smallest absolute Gasteiger partial charge is 0.305 e. The first-order valence-electron chi connectivity index (χ1n) is 16.9. The SMILES string of the molecule is COC(=O)CCCCN1C(=O)[C@](O)([C@H](C)/C=C/CC(=O)N2Cc3ccccc3C[C@H]2CO)c2cc(N3CCCCCCC3=O)ccc21. The fourth-order valence-electron chi connectivity index (χ4n) is 7.07. The number of fused-ring (bicyclic) bond motifs is 2. The number of amides is 3. The van der Waals surface area contributed by atoms with Crippen molar-refractivity contribution >= 4 is 35.1 Å². The molecule has 0 radical (unpaired) electrons. The first-order chi connectivity index (χ1) is 22.7. The summed E-state index contributed by atoms with van der Waals surface area (Å²) in [4.78, 5) is 57.2. The Balaban J connectivity index is 1.37. The largest absolute Gasteiger partial charge is 0.469 e. The first kappa shape index (κ1) is 34.3. The van der Waals surface area contributed by atoms with E-state index in [9.17, 15) is 29.4 Å². The van der Waals surface area contributed by atoms with E-state index >= 15 is 0 Å². The van der Waals surface area contributed by atoms with Crippen molar-refractivity contribution in [2.24, 2.45) is 5.92 Å². The van der Waals surface area contributed by atoms with E-state index in [1.165, 1.54) is 7.11 Å². The quantitative estimate of drug-likeness (QED) is 0.211. The van der Waals surface area contributed by atoms with E-state index < -0.39 is 17.4 Å². The summed E-state index contributed by atoms with van der Waals surface area (Å²) in [5.74, 6) is -1.60. The molecule has 252 valence electrons. The van der Waals surface area contributed by atoms with Crippen LogP contribution >= 0.6 is 0 Å². The predicted octanol–water partition coefficient (Wildman–Crippen LogP) is 4.39. The van der Waals surface area contributed by atoms with Gasteiger partial charge in [0.25, 0.3) is 5.91 Å². The summed E-state index contributed by atoms with van der Waals surface area (Å²) in [5, 5.41) is 22.3. The van der Waals surface area contributed by atoms with Crippen molar-refractivity contribution in [3.8, 4) is 0 Å². The molecule has 2 aromatic carbocycles. The topological polar surface area (TPSA) is 128 Å². The number of nitrogens with zero attached hydrogens (tertiary/aromatic N) is 3. The van der Waals surface area contributed by atoms with Gasteiger partial charge >= 0.3 is 5.97 Å². The number of aliphatic hydroxyl groups excluding tert-OH is 1. The average Bonchev–Trinajstić information content (AvgIpc) is 3.29. The second-order valence-electron chi connectivity index (χ2n) is 12.9. The van der Waals surface area contributed by atoms with Crippen LogP contribution in [0.4, 0.5) is 11.4 Å². The lowest BCUT2D eigenvalue weighted by Crippen LogP contribution is -2.46. The highest BCUT2D eigenvalue weighted by molar-refractivity contribution is 6.08. The van der Waals surface area contributed by atoms with Crippen molar-refractivity contribution in [3.05, 3.63) is 71.3 Å². The van der Waals surface area contributed by atoms with E-state index in [0.29, 0.717) is 62.3 Å². The fourth-order valence-corrected chi connectivity index (χ4v) is 7.07. The van der Waals surface area contributed by atoms with Gasteiger partial charge in [-0.2, -0.15) is 0 Å². The molecule has 10 heteroatoms. The summed E-state index contributed by atoms with van der Waals surface area (Å²) >= 11 is 0. The predicted molar refractivity (Wildman–Crippen MR) is 178 cm³/mol.